The van der Waals surface area contributed by atoms with Crippen molar-refractivity contribution in [2.45, 2.75) is 20.8 Å². The van der Waals surface area contributed by atoms with Gasteiger partial charge in [0.2, 0.25) is 0 Å². The molecule has 0 aromatic carbocycles. The van der Waals surface area contributed by atoms with E-state index < -0.39 is 0 Å². The highest BCUT2D eigenvalue weighted by molar-refractivity contribution is 5.88. The molecule has 0 fully saturated rings. The second-order valence-corrected chi connectivity index (χ2v) is 3.64. The van der Waals surface area contributed by atoms with Gasteiger partial charge < -0.3 is 5.21 Å². The van der Waals surface area contributed by atoms with Crippen LogP contribution in [-0.4, -0.2) is 20.6 Å². The van der Waals surface area contributed by atoms with E-state index in [1.807, 2.05) is 20.8 Å². The Morgan fingerprint density at radius 3 is 2.50 bits per heavy atom. The van der Waals surface area contributed by atoms with Crippen LogP contribution in [0.2, 0.25) is 0 Å². The van der Waals surface area contributed by atoms with Crippen molar-refractivity contribution in [1.29, 1.82) is 0 Å². The van der Waals surface area contributed by atoms with E-state index in [-0.39, 0.29) is 5.41 Å². The summed E-state index contributed by atoms with van der Waals surface area (Å²) in [7, 11) is 0. The van der Waals surface area contributed by atoms with Crippen molar-refractivity contribution in [1.82, 2.24) is 9.55 Å². The predicted molar refractivity (Wildman–Crippen MR) is 46.3 cm³/mol. The first-order valence-corrected chi connectivity index (χ1v) is 3.76. The number of nitrogens with zero attached hydrogens (tertiary/aromatic N) is 3. The maximum absolute atomic E-state index is 8.77. The quantitative estimate of drug-likeness (QED) is 0.276. The van der Waals surface area contributed by atoms with Gasteiger partial charge in [0.15, 0.2) is 5.84 Å². The van der Waals surface area contributed by atoms with Crippen LogP contribution >= 0.6 is 0 Å². The summed E-state index contributed by atoms with van der Waals surface area (Å²) in [5, 5.41) is 12.0. The first-order chi connectivity index (χ1) is 5.55. The third-order valence-electron chi connectivity index (χ3n) is 1.51. The largest absolute Gasteiger partial charge is 0.409 e. The zero-order chi connectivity index (χ0) is 9.19. The fraction of sp³-hybridized carbons (Fsp3) is 0.500. The molecule has 1 rings (SSSR count). The highest BCUT2D eigenvalue weighted by atomic mass is 16.4. The van der Waals surface area contributed by atoms with Gasteiger partial charge in [-0.3, -0.25) is 4.57 Å². The van der Waals surface area contributed by atoms with E-state index in [2.05, 4.69) is 10.1 Å². The van der Waals surface area contributed by atoms with Crippen molar-refractivity contribution in [3.8, 4) is 0 Å². The Bertz CT molecular complexity index is 269. The van der Waals surface area contributed by atoms with Crippen molar-refractivity contribution >= 4 is 5.84 Å². The Labute approximate surface area is 71.5 Å². The summed E-state index contributed by atoms with van der Waals surface area (Å²) in [4.78, 5) is 3.88. The Kier molecular flexibility index (Phi) is 2.17. The van der Waals surface area contributed by atoms with Crippen molar-refractivity contribution in [2.75, 3.05) is 0 Å². The first-order valence-electron chi connectivity index (χ1n) is 3.76. The van der Waals surface area contributed by atoms with E-state index >= 15 is 0 Å². The zero-order valence-electron chi connectivity index (χ0n) is 7.52. The SMILES string of the molecule is CC(C)(C)/C(=N\O)n1ccnc1. The number of hydrogen-bond acceptors (Lipinski definition) is 3. The molecular formula is C8H13N3O. The van der Waals surface area contributed by atoms with Gasteiger partial charge in [-0.25, -0.2) is 4.98 Å². The molecule has 66 valence electrons. The molecule has 0 spiro atoms. The minimum absolute atomic E-state index is 0.185. The Balaban J connectivity index is 3.01. The van der Waals surface area contributed by atoms with Gasteiger partial charge in [-0.15, -0.1) is 0 Å². The average molecular weight is 167 g/mol. The maximum Gasteiger partial charge on any atom is 0.158 e. The second-order valence-electron chi connectivity index (χ2n) is 3.64. The monoisotopic (exact) mass is 167 g/mol. The zero-order valence-corrected chi connectivity index (χ0v) is 7.52. The molecule has 0 saturated heterocycles. The van der Waals surface area contributed by atoms with Crippen LogP contribution in [0.25, 0.3) is 0 Å². The van der Waals surface area contributed by atoms with Crippen LogP contribution < -0.4 is 0 Å². The molecule has 4 nitrogen and oxygen atoms in total. The van der Waals surface area contributed by atoms with Gasteiger partial charge in [-0.1, -0.05) is 25.9 Å². The van der Waals surface area contributed by atoms with E-state index in [0.29, 0.717) is 5.84 Å². The lowest BCUT2D eigenvalue weighted by molar-refractivity contribution is 0.307. The molecule has 0 aliphatic carbocycles. The molecule has 0 unspecified atom stereocenters. The van der Waals surface area contributed by atoms with Crippen molar-refractivity contribution in [3.63, 3.8) is 0 Å². The molecule has 0 atom stereocenters. The predicted octanol–water partition coefficient (Wildman–Crippen LogP) is 1.56. The number of aromatic nitrogens is 2. The van der Waals surface area contributed by atoms with Crippen LogP contribution in [0.1, 0.15) is 20.8 Å². The van der Waals surface area contributed by atoms with Gasteiger partial charge >= 0.3 is 0 Å². The summed E-state index contributed by atoms with van der Waals surface area (Å²) in [6.45, 7) is 5.92. The molecule has 1 heterocycles. The van der Waals surface area contributed by atoms with Gasteiger partial charge in [0.25, 0.3) is 0 Å². The first kappa shape index (κ1) is 8.77. The highest BCUT2D eigenvalue weighted by Gasteiger charge is 2.20. The van der Waals surface area contributed by atoms with Gasteiger partial charge in [-0.05, 0) is 0 Å². The highest BCUT2D eigenvalue weighted by Crippen LogP contribution is 2.16. The Morgan fingerprint density at radius 1 is 1.50 bits per heavy atom. The lowest BCUT2D eigenvalue weighted by Crippen LogP contribution is -2.26. The Morgan fingerprint density at radius 2 is 2.17 bits per heavy atom. The molecule has 4 heteroatoms. The van der Waals surface area contributed by atoms with Crippen LogP contribution in [0.3, 0.4) is 0 Å². The van der Waals surface area contributed by atoms with Gasteiger partial charge in [-0.2, -0.15) is 0 Å². The number of oxime groups is 1. The Hall–Kier alpha value is -1.32. The van der Waals surface area contributed by atoms with Crippen LogP contribution in [-0.2, 0) is 0 Å². The summed E-state index contributed by atoms with van der Waals surface area (Å²) in [6, 6.07) is 0. The molecule has 0 bridgehead atoms. The fourth-order valence-corrected chi connectivity index (χ4v) is 0.973. The van der Waals surface area contributed by atoms with Crippen molar-refractivity contribution in [3.05, 3.63) is 18.7 Å². The van der Waals surface area contributed by atoms with Crippen LogP contribution in [0.4, 0.5) is 0 Å². The van der Waals surface area contributed by atoms with E-state index in [0.717, 1.165) is 0 Å². The van der Waals surface area contributed by atoms with E-state index in [1.165, 1.54) is 0 Å². The summed E-state index contributed by atoms with van der Waals surface area (Å²) in [6.07, 6.45) is 5.01. The van der Waals surface area contributed by atoms with Gasteiger partial charge in [0, 0.05) is 17.8 Å². The molecule has 0 saturated carbocycles. The minimum Gasteiger partial charge on any atom is -0.409 e. The van der Waals surface area contributed by atoms with E-state index in [9.17, 15) is 0 Å². The third kappa shape index (κ3) is 1.64. The second kappa shape index (κ2) is 2.97. The number of imidazole rings is 1. The molecule has 1 aromatic rings. The molecular weight excluding hydrogens is 154 g/mol. The number of hydrogen-bond donors (Lipinski definition) is 1. The normalized spacial score (nSPS) is 13.4. The van der Waals surface area contributed by atoms with E-state index in [1.54, 1.807) is 23.3 Å². The van der Waals surface area contributed by atoms with Crippen LogP contribution in [0.5, 0.6) is 0 Å². The van der Waals surface area contributed by atoms with Crippen LogP contribution in [0, 0.1) is 5.41 Å². The van der Waals surface area contributed by atoms with Crippen molar-refractivity contribution in [2.24, 2.45) is 10.6 Å². The summed E-state index contributed by atoms with van der Waals surface area (Å²) < 4.78 is 1.69. The van der Waals surface area contributed by atoms with Crippen LogP contribution in [0.15, 0.2) is 23.9 Å². The average Bonchev–Trinajstić information content (AvgIpc) is 2.38. The standard InChI is InChI=1S/C8H13N3O/c1-8(2,3)7(10-12)11-5-4-9-6-11/h4-6,12H,1-3H3/b10-7+. The lowest BCUT2D eigenvalue weighted by Gasteiger charge is -2.19. The molecule has 0 amide bonds. The third-order valence-corrected chi connectivity index (χ3v) is 1.51. The van der Waals surface area contributed by atoms with Gasteiger partial charge in [0.1, 0.15) is 6.33 Å². The molecule has 1 N–H and O–H groups in total. The maximum atomic E-state index is 8.77. The summed E-state index contributed by atoms with van der Waals surface area (Å²) in [5.74, 6) is 0.583. The van der Waals surface area contributed by atoms with Gasteiger partial charge in [0.05, 0.1) is 0 Å². The minimum atomic E-state index is -0.185. The summed E-state index contributed by atoms with van der Waals surface area (Å²) in [5.41, 5.74) is -0.185. The number of rotatable bonds is 0. The molecule has 0 aliphatic rings. The lowest BCUT2D eigenvalue weighted by atomic mass is 9.95. The van der Waals surface area contributed by atoms with Crippen molar-refractivity contribution < 1.29 is 5.21 Å². The fourth-order valence-electron chi connectivity index (χ4n) is 0.973. The smallest absolute Gasteiger partial charge is 0.158 e. The molecule has 0 radical (unpaired) electrons. The van der Waals surface area contributed by atoms with E-state index in [4.69, 9.17) is 5.21 Å². The topological polar surface area (TPSA) is 50.4 Å². The molecule has 12 heavy (non-hydrogen) atoms. The summed E-state index contributed by atoms with van der Waals surface area (Å²) >= 11 is 0. The molecule has 0 aliphatic heterocycles. The molecule has 1 aromatic heterocycles.